The highest BCUT2D eigenvalue weighted by Crippen LogP contribution is 2.48. The Labute approximate surface area is 262 Å². The lowest BCUT2D eigenvalue weighted by Gasteiger charge is -2.43. The van der Waals surface area contributed by atoms with E-state index in [1.54, 1.807) is 18.2 Å². The summed E-state index contributed by atoms with van der Waals surface area (Å²) in [7, 11) is 2.40. The third-order valence-corrected chi connectivity index (χ3v) is 7.83. The monoisotopic (exact) mass is 632 g/mol. The predicted octanol–water partition coefficient (Wildman–Crippen LogP) is 10.0. The van der Waals surface area contributed by atoms with Crippen molar-refractivity contribution in [3.63, 3.8) is 0 Å². The van der Waals surface area contributed by atoms with Crippen molar-refractivity contribution in [2.24, 2.45) is 17.8 Å². The zero-order chi connectivity index (χ0) is 31.4. The van der Waals surface area contributed by atoms with Gasteiger partial charge < -0.3 is 15.4 Å². The Kier molecular flexibility index (Phi) is 22.0. The van der Waals surface area contributed by atoms with E-state index in [1.165, 1.54) is 0 Å². The Balaban J connectivity index is 0.00000382. The molecule has 1 aliphatic rings. The second-order valence-corrected chi connectivity index (χ2v) is 11.2. The first kappa shape index (κ1) is 39.3. The Morgan fingerprint density at radius 1 is 1.17 bits per heavy atom. The molecular weight excluding hydrogens is 585 g/mol. The van der Waals surface area contributed by atoms with Crippen molar-refractivity contribution in [1.82, 2.24) is 10.6 Å². The fraction of sp³-hybridized carbons (Fsp3) is 0.545. The molecule has 0 aliphatic heterocycles. The number of hydrogen-bond donors (Lipinski definition) is 2. The Hall–Kier alpha value is -1.66. The third-order valence-electron chi connectivity index (χ3n) is 7.14. The van der Waals surface area contributed by atoms with Crippen molar-refractivity contribution >= 4 is 41.1 Å². The predicted molar refractivity (Wildman–Crippen MR) is 176 cm³/mol. The van der Waals surface area contributed by atoms with Crippen LogP contribution in [0.3, 0.4) is 0 Å². The minimum Gasteiger partial charge on any atom is -0.391 e. The molecule has 0 amide bonds. The van der Waals surface area contributed by atoms with Crippen LogP contribution in [0.25, 0.3) is 0 Å². The van der Waals surface area contributed by atoms with Gasteiger partial charge in [-0.15, -0.1) is 0 Å². The Bertz CT molecular complexity index is 993. The van der Waals surface area contributed by atoms with Crippen LogP contribution in [-0.2, 0) is 4.79 Å². The molecule has 1 aliphatic carbocycles. The summed E-state index contributed by atoms with van der Waals surface area (Å²) < 4.78 is 23.3. The summed E-state index contributed by atoms with van der Waals surface area (Å²) in [4.78, 5) is 12.2. The first-order valence-corrected chi connectivity index (χ1v) is 15.5. The van der Waals surface area contributed by atoms with Crippen LogP contribution < -0.4 is 10.6 Å². The summed E-state index contributed by atoms with van der Waals surface area (Å²) in [5.41, 5.74) is 3.07. The van der Waals surface area contributed by atoms with Gasteiger partial charge in [0.2, 0.25) is 0 Å². The number of aldehydes is 1. The van der Waals surface area contributed by atoms with Crippen molar-refractivity contribution < 1.29 is 13.6 Å². The molecule has 3 nitrogen and oxygen atoms in total. The van der Waals surface area contributed by atoms with E-state index in [-0.39, 0.29) is 23.7 Å². The van der Waals surface area contributed by atoms with E-state index in [1.807, 2.05) is 59.0 Å². The van der Waals surface area contributed by atoms with Crippen LogP contribution in [0.4, 0.5) is 8.78 Å². The minimum absolute atomic E-state index is 0.0173. The highest BCUT2D eigenvalue weighted by atomic mass is 35.5. The van der Waals surface area contributed by atoms with Crippen molar-refractivity contribution in [2.75, 3.05) is 27.3 Å². The van der Waals surface area contributed by atoms with Gasteiger partial charge in [0, 0.05) is 39.7 Å². The summed E-state index contributed by atoms with van der Waals surface area (Å²) in [6.45, 7) is 13.2. The molecule has 1 saturated carbocycles. The van der Waals surface area contributed by atoms with Crippen LogP contribution >= 0.6 is 34.8 Å². The van der Waals surface area contributed by atoms with Gasteiger partial charge in [-0.1, -0.05) is 79.0 Å². The van der Waals surface area contributed by atoms with E-state index in [9.17, 15) is 13.6 Å². The zero-order valence-electron chi connectivity index (χ0n) is 25.5. The molecule has 0 bridgehead atoms. The third kappa shape index (κ3) is 13.9. The normalized spacial score (nSPS) is 21.7. The molecule has 41 heavy (non-hydrogen) atoms. The van der Waals surface area contributed by atoms with Gasteiger partial charge in [0.1, 0.15) is 12.5 Å². The SMILES string of the molecule is C=C(CCNCC1C(C=O)CCC(c2ccc(Cl)cc2Cl)C1/C(=C/C=C(\C)Cl)NC)CCC(F)/C=C\C.CC.CF. The smallest absolute Gasteiger partial charge is 0.123 e. The van der Waals surface area contributed by atoms with Gasteiger partial charge in [0.25, 0.3) is 0 Å². The van der Waals surface area contributed by atoms with Crippen LogP contribution in [0.5, 0.6) is 0 Å². The van der Waals surface area contributed by atoms with Crippen molar-refractivity contribution in [3.8, 4) is 0 Å². The lowest BCUT2D eigenvalue weighted by Crippen LogP contribution is -2.43. The Morgan fingerprint density at radius 2 is 1.85 bits per heavy atom. The van der Waals surface area contributed by atoms with Crippen molar-refractivity contribution in [3.05, 3.63) is 81.0 Å². The minimum atomic E-state index is -0.930. The molecule has 0 aromatic heterocycles. The van der Waals surface area contributed by atoms with Gasteiger partial charge in [0.05, 0.1) is 7.18 Å². The van der Waals surface area contributed by atoms with Crippen molar-refractivity contribution in [1.29, 1.82) is 0 Å². The largest absolute Gasteiger partial charge is 0.391 e. The van der Waals surface area contributed by atoms with E-state index in [4.69, 9.17) is 34.8 Å². The molecule has 0 radical (unpaired) electrons. The Morgan fingerprint density at radius 3 is 2.41 bits per heavy atom. The van der Waals surface area contributed by atoms with Crippen LogP contribution in [0.15, 0.2) is 65.4 Å². The number of alkyl halides is 2. The van der Waals surface area contributed by atoms with Crippen molar-refractivity contribution in [2.45, 2.75) is 71.9 Å². The molecule has 2 N–H and O–H groups in total. The molecular formula is C33H49Cl3F2N2O. The highest BCUT2D eigenvalue weighted by Gasteiger charge is 2.42. The van der Waals surface area contributed by atoms with E-state index in [2.05, 4.69) is 17.2 Å². The van der Waals surface area contributed by atoms with Gasteiger partial charge in [-0.2, -0.15) is 0 Å². The molecule has 0 heterocycles. The molecule has 232 valence electrons. The first-order valence-electron chi connectivity index (χ1n) is 14.4. The quantitative estimate of drug-likeness (QED) is 0.0927. The highest BCUT2D eigenvalue weighted by molar-refractivity contribution is 6.35. The first-order chi connectivity index (χ1) is 19.7. The summed E-state index contributed by atoms with van der Waals surface area (Å²) in [5.74, 6) is 0.0835. The maximum Gasteiger partial charge on any atom is 0.123 e. The second-order valence-electron chi connectivity index (χ2n) is 9.75. The van der Waals surface area contributed by atoms with E-state index >= 15 is 0 Å². The molecule has 0 saturated heterocycles. The lowest BCUT2D eigenvalue weighted by molar-refractivity contribution is -0.114. The lowest BCUT2D eigenvalue weighted by atomic mass is 9.63. The number of carbonyl (C=O) groups is 1. The van der Waals surface area contributed by atoms with Gasteiger partial charge in [-0.3, -0.25) is 4.39 Å². The molecule has 5 atom stereocenters. The van der Waals surface area contributed by atoms with E-state index < -0.39 is 6.17 Å². The number of nitrogens with one attached hydrogen (secondary N) is 2. The standard InChI is InChI=1S/C30H40Cl3FN2O.C2H6.CH3F/c1-5-6-24(34)11-7-20(2)15-16-36-18-27-22(19-37)9-12-26(25-13-10-23(32)17-28(25)33)30(27)29(35-4)14-8-21(3)31;2*1-2/h5-6,8,10,13-14,17,19,22,24,26-27,30,35-36H,2,7,9,11-12,15-16,18H2,1,3-4H3;1-2H3;1H3/b6-5-,21-8+,29-14-;;. The average Bonchev–Trinajstić information content (AvgIpc) is 2.97. The average molecular weight is 634 g/mol. The summed E-state index contributed by atoms with van der Waals surface area (Å²) in [6.07, 6.45) is 10.8. The molecule has 1 aromatic carbocycles. The summed E-state index contributed by atoms with van der Waals surface area (Å²) in [5, 5.41) is 8.83. The van der Waals surface area contributed by atoms with E-state index in [0.717, 1.165) is 48.9 Å². The number of halogens is 5. The summed E-state index contributed by atoms with van der Waals surface area (Å²) in [6, 6.07) is 5.65. The number of carbonyl (C=O) groups excluding carboxylic acids is 1. The topological polar surface area (TPSA) is 41.1 Å². The number of hydrogen-bond acceptors (Lipinski definition) is 3. The number of benzene rings is 1. The molecule has 2 rings (SSSR count). The van der Waals surface area contributed by atoms with Gasteiger partial charge in [-0.25, -0.2) is 4.39 Å². The zero-order valence-corrected chi connectivity index (χ0v) is 27.7. The van der Waals surface area contributed by atoms with Crippen LogP contribution in [-0.4, -0.2) is 39.8 Å². The van der Waals surface area contributed by atoms with Crippen LogP contribution in [0, 0.1) is 17.8 Å². The van der Waals surface area contributed by atoms with E-state index in [0.29, 0.717) is 41.6 Å². The molecule has 0 spiro atoms. The number of rotatable bonds is 14. The maximum atomic E-state index is 13.8. The molecule has 1 aromatic rings. The molecule has 1 fully saturated rings. The maximum absolute atomic E-state index is 13.8. The fourth-order valence-corrected chi connectivity index (χ4v) is 5.86. The number of allylic oxidation sites excluding steroid dienone is 6. The molecule has 8 heteroatoms. The van der Waals surface area contributed by atoms with Gasteiger partial charge in [-0.05, 0) is 101 Å². The summed E-state index contributed by atoms with van der Waals surface area (Å²) >= 11 is 19.0. The second kappa shape index (κ2) is 22.9. The van der Waals surface area contributed by atoms with Crippen LogP contribution in [0.2, 0.25) is 10.0 Å². The fourth-order valence-electron chi connectivity index (χ4n) is 5.25. The van der Waals surface area contributed by atoms with Gasteiger partial charge in [0.15, 0.2) is 0 Å². The molecule has 5 unspecified atom stereocenters. The van der Waals surface area contributed by atoms with Crippen LogP contribution in [0.1, 0.15) is 71.3 Å². The van der Waals surface area contributed by atoms with Gasteiger partial charge >= 0.3 is 0 Å².